The standard InChI is InChI=1S/C12H17N3O3/c1-4-15(7-11(16)17)12(18)14-10-6-5-8(2)13-9(10)3/h5-6H,4,7H2,1-3H3,(H,14,18)(H,16,17). The van der Waals surface area contributed by atoms with Crippen LogP contribution in [0.25, 0.3) is 0 Å². The maximum atomic E-state index is 11.8. The summed E-state index contributed by atoms with van der Waals surface area (Å²) >= 11 is 0. The first-order chi connectivity index (χ1) is 8.43. The predicted octanol–water partition coefficient (Wildman–Crippen LogP) is 1.64. The lowest BCUT2D eigenvalue weighted by Crippen LogP contribution is -2.38. The molecule has 2 N–H and O–H groups in total. The van der Waals surface area contributed by atoms with E-state index in [1.54, 1.807) is 26.0 Å². The van der Waals surface area contributed by atoms with E-state index in [-0.39, 0.29) is 6.54 Å². The Balaban J connectivity index is 2.76. The summed E-state index contributed by atoms with van der Waals surface area (Å²) < 4.78 is 0. The number of nitrogens with zero attached hydrogens (tertiary/aromatic N) is 2. The van der Waals surface area contributed by atoms with Gasteiger partial charge in [-0.25, -0.2) is 4.79 Å². The van der Waals surface area contributed by atoms with Crippen molar-refractivity contribution in [3.05, 3.63) is 23.5 Å². The summed E-state index contributed by atoms with van der Waals surface area (Å²) in [6.07, 6.45) is 0. The SMILES string of the molecule is CCN(CC(=O)O)C(=O)Nc1ccc(C)nc1C. The van der Waals surface area contributed by atoms with E-state index in [1.165, 1.54) is 4.90 Å². The average Bonchev–Trinajstić information content (AvgIpc) is 2.29. The Kier molecular flexibility index (Phi) is 4.65. The Hall–Kier alpha value is -2.11. The van der Waals surface area contributed by atoms with E-state index in [2.05, 4.69) is 10.3 Å². The maximum absolute atomic E-state index is 11.8. The second kappa shape index (κ2) is 6.00. The Labute approximate surface area is 106 Å². The lowest BCUT2D eigenvalue weighted by atomic mass is 10.3. The fourth-order valence-electron chi connectivity index (χ4n) is 1.50. The van der Waals surface area contributed by atoms with Gasteiger partial charge in [0.2, 0.25) is 0 Å². The van der Waals surface area contributed by atoms with Gasteiger partial charge < -0.3 is 15.3 Å². The highest BCUT2D eigenvalue weighted by Crippen LogP contribution is 2.13. The molecule has 1 aromatic heterocycles. The molecular formula is C12H17N3O3. The van der Waals surface area contributed by atoms with Crippen LogP contribution in [0.4, 0.5) is 10.5 Å². The summed E-state index contributed by atoms with van der Waals surface area (Å²) in [5.41, 5.74) is 2.16. The molecule has 0 unspecified atom stereocenters. The number of carboxylic acids is 1. The van der Waals surface area contributed by atoms with Gasteiger partial charge in [-0.2, -0.15) is 0 Å². The van der Waals surface area contributed by atoms with E-state index in [1.807, 2.05) is 6.92 Å². The lowest BCUT2D eigenvalue weighted by Gasteiger charge is -2.19. The number of likely N-dealkylation sites (N-methyl/N-ethyl adjacent to an activating group) is 1. The number of nitrogens with one attached hydrogen (secondary N) is 1. The number of hydrogen-bond donors (Lipinski definition) is 2. The fourth-order valence-corrected chi connectivity index (χ4v) is 1.50. The Morgan fingerprint density at radius 2 is 2.06 bits per heavy atom. The molecule has 0 radical (unpaired) electrons. The van der Waals surface area contributed by atoms with E-state index in [9.17, 15) is 9.59 Å². The van der Waals surface area contributed by atoms with Crippen LogP contribution in [0.5, 0.6) is 0 Å². The smallest absolute Gasteiger partial charge is 0.323 e. The van der Waals surface area contributed by atoms with Gasteiger partial charge >= 0.3 is 12.0 Å². The van der Waals surface area contributed by atoms with Crippen LogP contribution in [0, 0.1) is 13.8 Å². The molecule has 0 aliphatic rings. The molecule has 0 fully saturated rings. The van der Waals surface area contributed by atoms with Crippen molar-refractivity contribution < 1.29 is 14.7 Å². The number of aryl methyl sites for hydroxylation is 2. The molecule has 0 atom stereocenters. The van der Waals surface area contributed by atoms with Gasteiger partial charge in [-0.15, -0.1) is 0 Å². The molecule has 98 valence electrons. The van der Waals surface area contributed by atoms with Gasteiger partial charge in [-0.1, -0.05) is 0 Å². The Morgan fingerprint density at radius 3 is 2.56 bits per heavy atom. The summed E-state index contributed by atoms with van der Waals surface area (Å²) in [7, 11) is 0. The summed E-state index contributed by atoms with van der Waals surface area (Å²) in [5, 5.41) is 11.3. The van der Waals surface area contributed by atoms with Gasteiger partial charge in [0, 0.05) is 12.2 Å². The van der Waals surface area contributed by atoms with Crippen molar-refractivity contribution in [2.75, 3.05) is 18.4 Å². The van der Waals surface area contributed by atoms with Crippen molar-refractivity contribution in [1.82, 2.24) is 9.88 Å². The minimum absolute atomic E-state index is 0.319. The molecule has 0 saturated carbocycles. The maximum Gasteiger partial charge on any atom is 0.323 e. The second-order valence-electron chi connectivity index (χ2n) is 3.92. The number of anilines is 1. The molecule has 2 amide bonds. The number of carboxylic acid groups (broad SMARTS) is 1. The molecule has 0 spiro atoms. The first kappa shape index (κ1) is 14.0. The molecule has 0 aromatic carbocycles. The molecule has 6 heteroatoms. The van der Waals surface area contributed by atoms with E-state index >= 15 is 0 Å². The van der Waals surface area contributed by atoms with Gasteiger partial charge in [0.15, 0.2) is 0 Å². The van der Waals surface area contributed by atoms with Crippen molar-refractivity contribution in [2.24, 2.45) is 0 Å². The topological polar surface area (TPSA) is 82.5 Å². The van der Waals surface area contributed by atoms with Gasteiger partial charge in [0.1, 0.15) is 6.54 Å². The second-order valence-corrected chi connectivity index (χ2v) is 3.92. The minimum atomic E-state index is -1.04. The van der Waals surface area contributed by atoms with Crippen molar-refractivity contribution in [1.29, 1.82) is 0 Å². The van der Waals surface area contributed by atoms with Crippen LogP contribution < -0.4 is 5.32 Å². The number of urea groups is 1. The predicted molar refractivity (Wildman–Crippen MR) is 67.6 cm³/mol. The van der Waals surface area contributed by atoms with Gasteiger partial charge in [0.25, 0.3) is 0 Å². The number of carbonyl (C=O) groups is 2. The quantitative estimate of drug-likeness (QED) is 0.852. The molecule has 0 aliphatic carbocycles. The molecule has 1 heterocycles. The van der Waals surface area contributed by atoms with Crippen LogP contribution in [-0.4, -0.2) is 40.1 Å². The monoisotopic (exact) mass is 251 g/mol. The molecule has 1 rings (SSSR count). The zero-order valence-electron chi connectivity index (χ0n) is 10.7. The zero-order chi connectivity index (χ0) is 13.7. The third-order valence-electron chi connectivity index (χ3n) is 2.46. The number of aliphatic carboxylic acids is 1. The highest BCUT2D eigenvalue weighted by atomic mass is 16.4. The van der Waals surface area contributed by atoms with Crippen molar-refractivity contribution >= 4 is 17.7 Å². The summed E-state index contributed by atoms with van der Waals surface area (Å²) in [6, 6.07) is 3.11. The van der Waals surface area contributed by atoms with Crippen LogP contribution >= 0.6 is 0 Å². The van der Waals surface area contributed by atoms with Crippen LogP contribution in [-0.2, 0) is 4.79 Å². The Morgan fingerprint density at radius 1 is 1.39 bits per heavy atom. The van der Waals surface area contributed by atoms with Crippen LogP contribution in [0.3, 0.4) is 0 Å². The van der Waals surface area contributed by atoms with Gasteiger partial charge in [-0.3, -0.25) is 9.78 Å². The highest BCUT2D eigenvalue weighted by molar-refractivity contribution is 5.91. The van der Waals surface area contributed by atoms with E-state index in [0.717, 1.165) is 5.69 Å². The normalized spacial score (nSPS) is 9.94. The molecule has 0 aliphatic heterocycles. The summed E-state index contributed by atoms with van der Waals surface area (Å²) in [6.45, 7) is 5.39. The Bertz CT molecular complexity index is 460. The molecular weight excluding hydrogens is 234 g/mol. The summed E-state index contributed by atoms with van der Waals surface area (Å²) in [4.78, 5) is 27.9. The largest absolute Gasteiger partial charge is 0.480 e. The number of rotatable bonds is 4. The van der Waals surface area contributed by atoms with E-state index in [4.69, 9.17) is 5.11 Å². The number of pyridine rings is 1. The minimum Gasteiger partial charge on any atom is -0.480 e. The molecule has 0 saturated heterocycles. The molecule has 6 nitrogen and oxygen atoms in total. The molecule has 0 bridgehead atoms. The van der Waals surface area contributed by atoms with Crippen molar-refractivity contribution in [3.63, 3.8) is 0 Å². The fraction of sp³-hybridized carbons (Fsp3) is 0.417. The first-order valence-corrected chi connectivity index (χ1v) is 5.66. The van der Waals surface area contributed by atoms with E-state index < -0.39 is 12.0 Å². The molecule has 18 heavy (non-hydrogen) atoms. The summed E-state index contributed by atoms with van der Waals surface area (Å²) in [5.74, 6) is -1.04. The average molecular weight is 251 g/mol. The van der Waals surface area contributed by atoms with Gasteiger partial charge in [0.05, 0.1) is 11.4 Å². The van der Waals surface area contributed by atoms with Crippen LogP contribution in [0.15, 0.2) is 12.1 Å². The number of aromatic nitrogens is 1. The van der Waals surface area contributed by atoms with Crippen LogP contribution in [0.2, 0.25) is 0 Å². The van der Waals surface area contributed by atoms with Crippen molar-refractivity contribution in [2.45, 2.75) is 20.8 Å². The number of carbonyl (C=O) groups excluding carboxylic acids is 1. The van der Waals surface area contributed by atoms with E-state index in [0.29, 0.717) is 17.9 Å². The number of hydrogen-bond acceptors (Lipinski definition) is 3. The van der Waals surface area contributed by atoms with Gasteiger partial charge in [-0.05, 0) is 32.9 Å². The van der Waals surface area contributed by atoms with Crippen LogP contribution in [0.1, 0.15) is 18.3 Å². The third kappa shape index (κ3) is 3.73. The van der Waals surface area contributed by atoms with Crippen molar-refractivity contribution in [3.8, 4) is 0 Å². The molecule has 1 aromatic rings. The highest BCUT2D eigenvalue weighted by Gasteiger charge is 2.15. The zero-order valence-corrected chi connectivity index (χ0v) is 10.7. The third-order valence-corrected chi connectivity index (χ3v) is 2.46. The lowest BCUT2D eigenvalue weighted by molar-refractivity contribution is -0.137. The number of amides is 2. The first-order valence-electron chi connectivity index (χ1n) is 5.66.